The Morgan fingerprint density at radius 3 is 2.87 bits per heavy atom. The van der Waals surface area contributed by atoms with Crippen LogP contribution in [-0.4, -0.2) is 38.3 Å². The molecule has 2 aromatic rings. The molecule has 0 aliphatic heterocycles. The minimum atomic E-state index is -0.924. The van der Waals surface area contributed by atoms with Gasteiger partial charge in [0.05, 0.1) is 5.60 Å². The van der Waals surface area contributed by atoms with Gasteiger partial charge in [-0.15, -0.1) is 0 Å². The van der Waals surface area contributed by atoms with Crippen molar-refractivity contribution in [3.63, 3.8) is 0 Å². The Balaban J connectivity index is 1.82. The molecule has 0 spiro atoms. The fraction of sp³-hybridized carbons (Fsp3) is 0.500. The van der Waals surface area contributed by atoms with Crippen LogP contribution in [0.4, 0.5) is 0 Å². The summed E-state index contributed by atoms with van der Waals surface area (Å²) in [5, 5.41) is 16.7. The van der Waals surface area contributed by atoms with Crippen LogP contribution in [0.2, 0.25) is 0 Å². The summed E-state index contributed by atoms with van der Waals surface area (Å²) in [4.78, 5) is 20.2. The number of aromatic nitrogens is 3. The van der Waals surface area contributed by atoms with E-state index in [1.165, 1.54) is 0 Å². The summed E-state index contributed by atoms with van der Waals surface area (Å²) in [5.41, 5.74) is -0.299. The van der Waals surface area contributed by atoms with Crippen LogP contribution in [0.15, 0.2) is 28.9 Å². The Hall–Kier alpha value is -2.28. The standard InChI is InChI=1S/C16H22N4O3/c1-11(2)16(3,22)10-18-13(21)7-8-14-19-15(20-23-14)12-6-4-5-9-17-12/h4-6,9,11,22H,7-8,10H2,1-3H3,(H,18,21). The van der Waals surface area contributed by atoms with Crippen molar-refractivity contribution in [1.82, 2.24) is 20.4 Å². The zero-order valence-electron chi connectivity index (χ0n) is 13.6. The Bertz CT molecular complexity index is 638. The topological polar surface area (TPSA) is 101 Å². The van der Waals surface area contributed by atoms with E-state index in [0.717, 1.165) is 0 Å². The third-order valence-electron chi connectivity index (χ3n) is 3.82. The fourth-order valence-corrected chi connectivity index (χ4v) is 1.75. The average Bonchev–Trinajstić information content (AvgIpc) is 3.01. The van der Waals surface area contributed by atoms with Gasteiger partial charge >= 0.3 is 0 Å². The number of carbonyl (C=O) groups is 1. The largest absolute Gasteiger partial charge is 0.388 e. The molecule has 124 valence electrons. The summed E-state index contributed by atoms with van der Waals surface area (Å²) in [7, 11) is 0. The molecule has 1 unspecified atom stereocenters. The molecule has 2 rings (SSSR count). The summed E-state index contributed by atoms with van der Waals surface area (Å²) in [6.07, 6.45) is 2.22. The molecule has 0 aliphatic rings. The second kappa shape index (κ2) is 7.32. The van der Waals surface area contributed by atoms with Gasteiger partial charge in [-0.3, -0.25) is 9.78 Å². The van der Waals surface area contributed by atoms with E-state index in [0.29, 0.717) is 23.8 Å². The lowest BCUT2D eigenvalue weighted by molar-refractivity contribution is -0.122. The molecule has 0 fully saturated rings. The first-order chi connectivity index (χ1) is 10.9. The number of nitrogens with one attached hydrogen (secondary N) is 1. The van der Waals surface area contributed by atoms with E-state index < -0.39 is 5.60 Å². The molecule has 7 nitrogen and oxygen atoms in total. The van der Waals surface area contributed by atoms with Crippen molar-refractivity contribution in [3.05, 3.63) is 30.3 Å². The molecular weight excluding hydrogens is 296 g/mol. The molecule has 7 heteroatoms. The minimum absolute atomic E-state index is 0.0553. The van der Waals surface area contributed by atoms with Gasteiger partial charge in [0.1, 0.15) is 5.69 Å². The van der Waals surface area contributed by atoms with Crippen LogP contribution in [0, 0.1) is 5.92 Å². The average molecular weight is 318 g/mol. The van der Waals surface area contributed by atoms with Crippen LogP contribution in [-0.2, 0) is 11.2 Å². The van der Waals surface area contributed by atoms with Crippen LogP contribution in [0.3, 0.4) is 0 Å². The van der Waals surface area contributed by atoms with E-state index >= 15 is 0 Å². The Morgan fingerprint density at radius 2 is 2.22 bits per heavy atom. The van der Waals surface area contributed by atoms with E-state index in [-0.39, 0.29) is 24.8 Å². The third kappa shape index (κ3) is 4.85. The highest BCUT2D eigenvalue weighted by Crippen LogP contribution is 2.15. The lowest BCUT2D eigenvalue weighted by atomic mass is 9.92. The van der Waals surface area contributed by atoms with Crippen molar-refractivity contribution in [3.8, 4) is 11.5 Å². The van der Waals surface area contributed by atoms with Gasteiger partial charge in [0, 0.05) is 25.6 Å². The van der Waals surface area contributed by atoms with E-state index in [9.17, 15) is 9.90 Å². The van der Waals surface area contributed by atoms with E-state index in [1.54, 1.807) is 25.3 Å². The molecule has 2 N–H and O–H groups in total. The highest BCUT2D eigenvalue weighted by molar-refractivity contribution is 5.76. The van der Waals surface area contributed by atoms with Crippen LogP contribution in [0.25, 0.3) is 11.5 Å². The zero-order chi connectivity index (χ0) is 16.9. The van der Waals surface area contributed by atoms with Crippen molar-refractivity contribution in [2.75, 3.05) is 6.54 Å². The Kier molecular flexibility index (Phi) is 5.44. The van der Waals surface area contributed by atoms with E-state index in [4.69, 9.17) is 4.52 Å². The van der Waals surface area contributed by atoms with Crippen molar-refractivity contribution in [1.29, 1.82) is 0 Å². The number of aryl methyl sites for hydroxylation is 1. The molecule has 1 atom stereocenters. The Labute approximate surface area is 135 Å². The van der Waals surface area contributed by atoms with E-state index in [2.05, 4.69) is 20.4 Å². The van der Waals surface area contributed by atoms with Crippen molar-refractivity contribution >= 4 is 5.91 Å². The predicted octanol–water partition coefficient (Wildman–Crippen LogP) is 1.59. The molecule has 1 amide bonds. The first kappa shape index (κ1) is 17.1. The minimum Gasteiger partial charge on any atom is -0.388 e. The maximum atomic E-state index is 11.8. The Morgan fingerprint density at radius 1 is 1.43 bits per heavy atom. The molecule has 0 bridgehead atoms. The van der Waals surface area contributed by atoms with Gasteiger partial charge in [0.15, 0.2) is 0 Å². The van der Waals surface area contributed by atoms with Crippen LogP contribution in [0.5, 0.6) is 0 Å². The van der Waals surface area contributed by atoms with Gasteiger partial charge in [-0.2, -0.15) is 4.98 Å². The van der Waals surface area contributed by atoms with Crippen LogP contribution < -0.4 is 5.32 Å². The third-order valence-corrected chi connectivity index (χ3v) is 3.82. The summed E-state index contributed by atoms with van der Waals surface area (Å²) in [6, 6.07) is 5.43. The number of aliphatic hydroxyl groups is 1. The van der Waals surface area contributed by atoms with Gasteiger partial charge in [0.25, 0.3) is 0 Å². The summed E-state index contributed by atoms with van der Waals surface area (Å²) < 4.78 is 5.12. The normalized spacial score (nSPS) is 13.8. The highest BCUT2D eigenvalue weighted by Gasteiger charge is 2.25. The highest BCUT2D eigenvalue weighted by atomic mass is 16.5. The second-order valence-corrected chi connectivity index (χ2v) is 6.02. The number of rotatable bonds is 7. The smallest absolute Gasteiger partial charge is 0.227 e. The number of nitrogens with zero attached hydrogens (tertiary/aromatic N) is 3. The number of amides is 1. The molecule has 0 saturated heterocycles. The monoisotopic (exact) mass is 318 g/mol. The molecular formula is C16H22N4O3. The van der Waals surface area contributed by atoms with Gasteiger partial charge in [-0.1, -0.05) is 25.1 Å². The summed E-state index contributed by atoms with van der Waals surface area (Å²) >= 11 is 0. The van der Waals surface area contributed by atoms with Crippen LogP contribution in [0.1, 0.15) is 33.1 Å². The number of pyridine rings is 1. The maximum absolute atomic E-state index is 11.8. The van der Waals surface area contributed by atoms with Crippen molar-refractivity contribution < 1.29 is 14.4 Å². The summed E-state index contributed by atoms with van der Waals surface area (Å²) in [6.45, 7) is 5.73. The quantitative estimate of drug-likeness (QED) is 0.804. The molecule has 0 aliphatic carbocycles. The molecule has 0 aromatic carbocycles. The first-order valence-electron chi connectivity index (χ1n) is 7.61. The van der Waals surface area contributed by atoms with Crippen molar-refractivity contribution in [2.24, 2.45) is 5.92 Å². The van der Waals surface area contributed by atoms with Gasteiger partial charge in [-0.25, -0.2) is 0 Å². The number of carbonyl (C=O) groups excluding carboxylic acids is 1. The molecule has 2 heterocycles. The van der Waals surface area contributed by atoms with Gasteiger partial charge < -0.3 is 14.9 Å². The maximum Gasteiger partial charge on any atom is 0.227 e. The fourth-order valence-electron chi connectivity index (χ4n) is 1.75. The number of hydrogen-bond donors (Lipinski definition) is 2. The lowest BCUT2D eigenvalue weighted by Crippen LogP contribution is -2.44. The van der Waals surface area contributed by atoms with E-state index in [1.807, 2.05) is 19.9 Å². The SMILES string of the molecule is CC(C)C(C)(O)CNC(=O)CCc1nc(-c2ccccn2)no1. The molecule has 23 heavy (non-hydrogen) atoms. The molecule has 2 aromatic heterocycles. The van der Waals surface area contributed by atoms with Crippen molar-refractivity contribution in [2.45, 2.75) is 39.2 Å². The first-order valence-corrected chi connectivity index (χ1v) is 7.61. The summed E-state index contributed by atoms with van der Waals surface area (Å²) in [5.74, 6) is 0.684. The second-order valence-electron chi connectivity index (χ2n) is 6.02. The lowest BCUT2D eigenvalue weighted by Gasteiger charge is -2.27. The van der Waals surface area contributed by atoms with Gasteiger partial charge in [0.2, 0.25) is 17.6 Å². The predicted molar refractivity (Wildman–Crippen MR) is 84.3 cm³/mol. The van der Waals surface area contributed by atoms with Crippen LogP contribution >= 0.6 is 0 Å². The van der Waals surface area contributed by atoms with Gasteiger partial charge in [-0.05, 0) is 25.0 Å². The molecule has 0 saturated carbocycles. The number of hydrogen-bond acceptors (Lipinski definition) is 6. The molecule has 0 radical (unpaired) electrons. The zero-order valence-corrected chi connectivity index (χ0v) is 13.6.